The fraction of sp³-hybridized carbons (Fsp3) is 0. The van der Waals surface area contributed by atoms with Gasteiger partial charge in [0.2, 0.25) is 0 Å². The number of benzene rings is 7. The van der Waals surface area contributed by atoms with Crippen LogP contribution in [0.2, 0.25) is 0 Å². The van der Waals surface area contributed by atoms with Crippen molar-refractivity contribution in [2.45, 2.75) is 0 Å². The van der Waals surface area contributed by atoms with Crippen LogP contribution in [-0.2, 0) is 0 Å². The highest BCUT2D eigenvalue weighted by Gasteiger charge is 2.19. The minimum atomic E-state index is -0.595. The van der Waals surface area contributed by atoms with Gasteiger partial charge >= 0.3 is 0 Å². The molecule has 0 bridgehead atoms. The standard InChI is InChI=1S/C45H26N4S2/c1-3-11-27(12-4-1)43-46-44(28-13-5-2-6-14-28)48-45(47-43)29-19-21-32-35-26-30(20-23-38(35)51-40(32)25-29)49-36-17-9-7-15-31(36)33-22-24-39-41(42(33)49)34-16-8-10-18-37(34)50-39/h1-26H/i1D,2D,3D,4D,5D,6D,11D,12D,13D,14D. The second-order valence-corrected chi connectivity index (χ2v) is 14.3. The Bertz CT molecular complexity index is 3600. The van der Waals surface area contributed by atoms with Gasteiger partial charge in [-0.15, -0.1) is 22.7 Å². The highest BCUT2D eigenvalue weighted by molar-refractivity contribution is 7.26. The van der Waals surface area contributed by atoms with E-state index in [9.17, 15) is 0 Å². The fourth-order valence-corrected chi connectivity index (χ4v) is 9.26. The van der Waals surface area contributed by atoms with E-state index >= 15 is 0 Å². The summed E-state index contributed by atoms with van der Waals surface area (Å²) in [5.74, 6) is -0.580. The summed E-state index contributed by atoms with van der Waals surface area (Å²) in [4.78, 5) is 13.7. The molecule has 4 aromatic heterocycles. The van der Waals surface area contributed by atoms with E-state index in [-0.39, 0.29) is 28.6 Å². The van der Waals surface area contributed by atoms with Crippen molar-refractivity contribution in [1.29, 1.82) is 0 Å². The van der Waals surface area contributed by atoms with E-state index in [2.05, 4.69) is 98.4 Å². The smallest absolute Gasteiger partial charge is 0.164 e. The second-order valence-electron chi connectivity index (χ2n) is 12.1. The molecule has 0 unspecified atom stereocenters. The predicted octanol–water partition coefficient (Wildman–Crippen LogP) is 12.7. The third-order valence-corrected chi connectivity index (χ3v) is 11.5. The first kappa shape index (κ1) is 20.5. The maximum atomic E-state index is 8.67. The first-order valence-corrected chi connectivity index (χ1v) is 17.8. The Morgan fingerprint density at radius 3 is 1.82 bits per heavy atom. The molecule has 0 aliphatic heterocycles. The molecule has 0 amide bonds. The minimum absolute atomic E-state index is 0.0240. The van der Waals surface area contributed by atoms with E-state index in [0.29, 0.717) is 5.56 Å². The molecule has 11 rings (SSSR count). The average molecular weight is 697 g/mol. The van der Waals surface area contributed by atoms with Crippen molar-refractivity contribution in [3.05, 3.63) is 157 Å². The molecule has 0 fully saturated rings. The van der Waals surface area contributed by atoms with Crippen LogP contribution in [0.15, 0.2) is 157 Å². The van der Waals surface area contributed by atoms with Gasteiger partial charge in [-0.25, -0.2) is 15.0 Å². The summed E-state index contributed by atoms with van der Waals surface area (Å²) in [6.07, 6.45) is 0. The first-order valence-electron chi connectivity index (χ1n) is 21.1. The van der Waals surface area contributed by atoms with Gasteiger partial charge in [0.25, 0.3) is 0 Å². The van der Waals surface area contributed by atoms with Gasteiger partial charge in [0.1, 0.15) is 0 Å². The predicted molar refractivity (Wildman–Crippen MR) is 216 cm³/mol. The van der Waals surface area contributed by atoms with E-state index < -0.39 is 60.4 Å². The minimum Gasteiger partial charge on any atom is -0.309 e. The molecule has 0 radical (unpaired) electrons. The van der Waals surface area contributed by atoms with Gasteiger partial charge in [0.05, 0.1) is 24.7 Å². The van der Waals surface area contributed by atoms with Crippen LogP contribution in [0, 0.1) is 0 Å². The molecule has 0 saturated carbocycles. The van der Waals surface area contributed by atoms with Crippen LogP contribution in [0.4, 0.5) is 0 Å². The number of aromatic nitrogens is 4. The largest absolute Gasteiger partial charge is 0.309 e. The SMILES string of the molecule is [2H]c1c([2H])c([2H])c(-c2nc(-c3ccc4c(c3)sc3ccc(-n5c6ccccc6c6ccc7sc8ccccc8c7c65)cc34)nc(-c3c([2H])c([2H])c([2H])c([2H])c3[2H])n2)c([2H])c1[2H]. The Morgan fingerprint density at radius 2 is 1.06 bits per heavy atom. The van der Waals surface area contributed by atoms with E-state index in [1.807, 2.05) is 18.2 Å². The number of rotatable bonds is 4. The lowest BCUT2D eigenvalue weighted by Crippen LogP contribution is -1.99. The van der Waals surface area contributed by atoms with Gasteiger partial charge in [0.15, 0.2) is 17.5 Å². The zero-order chi connectivity index (χ0) is 42.2. The molecule has 6 heteroatoms. The van der Waals surface area contributed by atoms with Crippen LogP contribution >= 0.6 is 22.7 Å². The Labute approximate surface area is 314 Å². The summed E-state index contributed by atoms with van der Waals surface area (Å²) in [6, 6.07) is 27.8. The molecule has 0 aliphatic carbocycles. The highest BCUT2D eigenvalue weighted by Crippen LogP contribution is 2.44. The lowest BCUT2D eigenvalue weighted by atomic mass is 10.1. The molecule has 0 aliphatic rings. The van der Waals surface area contributed by atoms with E-state index in [1.54, 1.807) is 22.7 Å². The second kappa shape index (κ2) is 11.2. The maximum Gasteiger partial charge on any atom is 0.164 e. The molecular weight excluding hydrogens is 661 g/mol. The Kier molecular flexibility index (Phi) is 4.47. The molecule has 0 spiro atoms. The lowest BCUT2D eigenvalue weighted by molar-refractivity contribution is 1.07. The van der Waals surface area contributed by atoms with Crippen LogP contribution in [0.25, 0.3) is 102 Å². The zero-order valence-corrected chi connectivity index (χ0v) is 28.0. The maximum absolute atomic E-state index is 8.67. The van der Waals surface area contributed by atoms with Crippen LogP contribution in [0.3, 0.4) is 0 Å². The highest BCUT2D eigenvalue weighted by atomic mass is 32.1. The topological polar surface area (TPSA) is 43.6 Å². The normalized spacial score (nSPS) is 14.7. The van der Waals surface area contributed by atoms with Crippen LogP contribution in [0.5, 0.6) is 0 Å². The van der Waals surface area contributed by atoms with E-state index in [4.69, 9.17) is 13.7 Å². The molecule has 0 saturated heterocycles. The monoisotopic (exact) mass is 696 g/mol. The number of thiophene rings is 2. The number of hydrogen-bond donors (Lipinski definition) is 0. The van der Waals surface area contributed by atoms with Crippen LogP contribution < -0.4 is 0 Å². The molecule has 4 nitrogen and oxygen atoms in total. The van der Waals surface area contributed by atoms with Crippen molar-refractivity contribution in [3.8, 4) is 39.9 Å². The van der Waals surface area contributed by atoms with Gasteiger partial charge in [-0.2, -0.15) is 0 Å². The molecule has 0 atom stereocenters. The zero-order valence-electron chi connectivity index (χ0n) is 36.3. The molecule has 51 heavy (non-hydrogen) atoms. The summed E-state index contributed by atoms with van der Waals surface area (Å²) in [7, 11) is 0. The van der Waals surface area contributed by atoms with Crippen molar-refractivity contribution < 1.29 is 13.7 Å². The van der Waals surface area contributed by atoms with Crippen molar-refractivity contribution in [2.24, 2.45) is 0 Å². The third kappa shape index (κ3) is 4.47. The summed E-state index contributed by atoms with van der Waals surface area (Å²) < 4.78 is 90.9. The van der Waals surface area contributed by atoms with Crippen LogP contribution in [-0.4, -0.2) is 19.5 Å². The van der Waals surface area contributed by atoms with E-state index in [0.717, 1.165) is 42.3 Å². The molecule has 7 aromatic carbocycles. The average Bonchev–Trinajstić information content (AvgIpc) is 3.95. The number of nitrogens with zero attached hydrogens (tertiary/aromatic N) is 4. The van der Waals surface area contributed by atoms with Crippen molar-refractivity contribution in [3.63, 3.8) is 0 Å². The van der Waals surface area contributed by atoms with E-state index in [1.165, 1.54) is 25.6 Å². The van der Waals surface area contributed by atoms with Gasteiger partial charge in [-0.3, -0.25) is 0 Å². The Balaban J connectivity index is 1.12. The molecule has 11 aromatic rings. The number of hydrogen-bond acceptors (Lipinski definition) is 5. The summed E-state index contributed by atoms with van der Waals surface area (Å²) in [5.41, 5.74) is 3.12. The summed E-state index contributed by atoms with van der Waals surface area (Å²) >= 11 is 3.36. The van der Waals surface area contributed by atoms with Crippen molar-refractivity contribution >= 4 is 84.8 Å². The van der Waals surface area contributed by atoms with Gasteiger partial charge in [-0.05, 0) is 42.5 Å². The number of fused-ring (bicyclic) bond motifs is 10. The van der Waals surface area contributed by atoms with Crippen molar-refractivity contribution in [2.75, 3.05) is 0 Å². The fourth-order valence-electron chi connectivity index (χ4n) is 7.03. The Morgan fingerprint density at radius 1 is 0.451 bits per heavy atom. The first-order chi connectivity index (χ1) is 29.4. The molecule has 238 valence electrons. The summed E-state index contributed by atoms with van der Waals surface area (Å²) in [6.45, 7) is 0. The van der Waals surface area contributed by atoms with Gasteiger partial charge in [-0.1, -0.05) is 115 Å². The molecule has 0 N–H and O–H groups in total. The number of para-hydroxylation sites is 1. The molecular formula is C45H26N4S2. The summed E-state index contributed by atoms with van der Waals surface area (Å²) in [5, 5.41) is 6.79. The lowest BCUT2D eigenvalue weighted by Gasteiger charge is -2.10. The Hall–Kier alpha value is -6.21. The van der Waals surface area contributed by atoms with Gasteiger partial charge < -0.3 is 4.57 Å². The molecule has 4 heterocycles. The van der Waals surface area contributed by atoms with Gasteiger partial charge in [0, 0.05) is 73.5 Å². The third-order valence-electron chi connectivity index (χ3n) is 9.23. The van der Waals surface area contributed by atoms with Crippen LogP contribution in [0.1, 0.15) is 13.7 Å². The van der Waals surface area contributed by atoms with Crippen molar-refractivity contribution in [1.82, 2.24) is 19.5 Å². The quantitative estimate of drug-likeness (QED) is 0.184.